The van der Waals surface area contributed by atoms with E-state index in [2.05, 4.69) is 11.0 Å². The highest BCUT2D eigenvalue weighted by molar-refractivity contribution is 8.45. The summed E-state index contributed by atoms with van der Waals surface area (Å²) in [6, 6.07) is 12.8. The van der Waals surface area contributed by atoms with E-state index in [4.69, 9.17) is 5.26 Å². The quantitative estimate of drug-likeness (QED) is 0.543. The smallest absolute Gasteiger partial charge is 0.310 e. The predicted octanol–water partition coefficient (Wildman–Crippen LogP) is 6.60. The molecule has 2 aliphatic rings. The van der Waals surface area contributed by atoms with Crippen molar-refractivity contribution in [2.45, 2.75) is 23.7 Å². The van der Waals surface area contributed by atoms with E-state index in [1.54, 1.807) is 12.1 Å². The van der Waals surface area contributed by atoms with Gasteiger partial charge in [0.1, 0.15) is 4.90 Å². The summed E-state index contributed by atoms with van der Waals surface area (Å²) in [6.45, 7) is 1.72. The Labute approximate surface area is 153 Å². The third-order valence-corrected chi connectivity index (χ3v) is 6.73. The fourth-order valence-electron chi connectivity index (χ4n) is 4.17. The second-order valence-corrected chi connectivity index (χ2v) is 10.1. The molecule has 144 valence electrons. The van der Waals surface area contributed by atoms with E-state index in [9.17, 15) is 19.4 Å². The van der Waals surface area contributed by atoms with Gasteiger partial charge < -0.3 is 4.90 Å². The normalized spacial score (nSPS) is 21.6. The standard InChI is InChI=1S/C19H17F5N2S/c20-27(21,22,23,24)18-7-3-15(4-8-18)16-9-19(10-16)12-26(13-19)17-5-1-14(11-25)2-6-17/h1-8,16H,9-10,12-13H2. The summed E-state index contributed by atoms with van der Waals surface area (Å²) in [5, 5.41) is 8.83. The maximum atomic E-state index is 12.8. The average Bonchev–Trinajstić information content (AvgIpc) is 2.51. The number of hydrogen-bond acceptors (Lipinski definition) is 2. The van der Waals surface area contributed by atoms with Crippen molar-refractivity contribution in [1.82, 2.24) is 0 Å². The van der Waals surface area contributed by atoms with Crippen molar-refractivity contribution in [2.24, 2.45) is 5.41 Å². The van der Waals surface area contributed by atoms with Gasteiger partial charge in [0.05, 0.1) is 11.6 Å². The summed E-state index contributed by atoms with van der Waals surface area (Å²) < 4.78 is 64.0. The Morgan fingerprint density at radius 2 is 1.44 bits per heavy atom. The second kappa shape index (κ2) is 4.96. The zero-order chi connectivity index (χ0) is 19.6. The largest absolute Gasteiger partial charge is 0.370 e. The van der Waals surface area contributed by atoms with E-state index in [0.29, 0.717) is 23.3 Å². The summed E-state index contributed by atoms with van der Waals surface area (Å²) in [7, 11) is -9.59. The molecule has 2 fully saturated rings. The van der Waals surface area contributed by atoms with Crippen LogP contribution in [-0.4, -0.2) is 13.1 Å². The first-order valence-corrected chi connectivity index (χ1v) is 10.4. The zero-order valence-electron chi connectivity index (χ0n) is 14.2. The number of hydrogen-bond donors (Lipinski definition) is 0. The van der Waals surface area contributed by atoms with Crippen molar-refractivity contribution in [3.05, 3.63) is 59.7 Å². The Bertz CT molecular complexity index is 916. The summed E-state index contributed by atoms with van der Waals surface area (Å²) in [5.41, 5.74) is 2.48. The van der Waals surface area contributed by atoms with Crippen LogP contribution >= 0.6 is 10.2 Å². The van der Waals surface area contributed by atoms with Crippen LogP contribution in [0.3, 0.4) is 0 Å². The van der Waals surface area contributed by atoms with Crippen LogP contribution in [0.25, 0.3) is 0 Å². The summed E-state index contributed by atoms with van der Waals surface area (Å²) in [5.74, 6) is 0.112. The van der Waals surface area contributed by atoms with Gasteiger partial charge in [-0.05, 0) is 60.7 Å². The van der Waals surface area contributed by atoms with E-state index in [-0.39, 0.29) is 11.3 Å². The lowest BCUT2D eigenvalue weighted by Crippen LogP contribution is -2.61. The zero-order valence-corrected chi connectivity index (χ0v) is 15.0. The van der Waals surface area contributed by atoms with Gasteiger partial charge >= 0.3 is 10.2 Å². The summed E-state index contributed by atoms with van der Waals surface area (Å²) in [4.78, 5) is 0.373. The molecule has 1 aliphatic carbocycles. The Kier molecular flexibility index (Phi) is 3.33. The maximum Gasteiger partial charge on any atom is 0.310 e. The van der Waals surface area contributed by atoms with Crippen LogP contribution in [-0.2, 0) is 0 Å². The van der Waals surface area contributed by atoms with Crippen molar-refractivity contribution >= 4 is 15.9 Å². The van der Waals surface area contributed by atoms with Gasteiger partial charge in [-0.25, -0.2) is 0 Å². The molecule has 0 bridgehead atoms. The van der Waals surface area contributed by atoms with Gasteiger partial charge in [0.2, 0.25) is 0 Å². The highest BCUT2D eigenvalue weighted by Gasteiger charge is 2.65. The molecule has 4 rings (SSSR count). The SMILES string of the molecule is N#Cc1ccc(N2CC3(CC(c4ccc(S(F)(F)(F)(F)F)cc4)C3)C2)cc1. The number of halogens is 5. The highest BCUT2D eigenvalue weighted by Crippen LogP contribution is 3.02. The first kappa shape index (κ1) is 18.1. The van der Waals surface area contributed by atoms with Gasteiger partial charge in [-0.1, -0.05) is 31.6 Å². The van der Waals surface area contributed by atoms with Crippen LogP contribution in [0.5, 0.6) is 0 Å². The molecule has 1 heterocycles. The third kappa shape index (κ3) is 3.36. The molecule has 0 unspecified atom stereocenters. The Morgan fingerprint density at radius 1 is 0.889 bits per heavy atom. The summed E-state index contributed by atoms with van der Waals surface area (Å²) >= 11 is 0. The number of benzene rings is 2. The fraction of sp³-hybridized carbons (Fsp3) is 0.316. The highest BCUT2D eigenvalue weighted by atomic mass is 32.5. The van der Waals surface area contributed by atoms with Crippen molar-refractivity contribution < 1.29 is 19.4 Å². The topological polar surface area (TPSA) is 27.0 Å². The Hall–Kier alpha value is -2.27. The minimum absolute atomic E-state index is 0.112. The van der Waals surface area contributed by atoms with Crippen LogP contribution in [0.15, 0.2) is 53.4 Å². The van der Waals surface area contributed by atoms with Crippen LogP contribution in [0.4, 0.5) is 25.1 Å². The molecule has 1 saturated heterocycles. The molecule has 8 heteroatoms. The number of rotatable bonds is 3. The van der Waals surface area contributed by atoms with Gasteiger partial charge in [-0.3, -0.25) is 0 Å². The molecule has 0 atom stereocenters. The maximum absolute atomic E-state index is 12.8. The van der Waals surface area contributed by atoms with Gasteiger partial charge in [-0.15, -0.1) is 0 Å². The van der Waals surface area contributed by atoms with E-state index < -0.39 is 15.1 Å². The van der Waals surface area contributed by atoms with E-state index in [1.807, 2.05) is 12.1 Å². The van der Waals surface area contributed by atoms with Crippen molar-refractivity contribution in [3.8, 4) is 6.07 Å². The fourth-order valence-corrected chi connectivity index (χ4v) is 4.82. The van der Waals surface area contributed by atoms with Gasteiger partial charge in [0.25, 0.3) is 0 Å². The molecular weight excluding hydrogens is 383 g/mol. The third-order valence-electron chi connectivity index (χ3n) is 5.57. The van der Waals surface area contributed by atoms with Crippen LogP contribution in [0.2, 0.25) is 0 Å². The lowest BCUT2D eigenvalue weighted by molar-refractivity contribution is 0.0633. The van der Waals surface area contributed by atoms with Crippen LogP contribution in [0.1, 0.15) is 29.9 Å². The molecule has 1 spiro atoms. The molecule has 2 nitrogen and oxygen atoms in total. The Morgan fingerprint density at radius 3 is 1.93 bits per heavy atom. The molecule has 2 aromatic carbocycles. The van der Waals surface area contributed by atoms with Crippen molar-refractivity contribution in [2.75, 3.05) is 18.0 Å². The average molecular weight is 400 g/mol. The van der Waals surface area contributed by atoms with E-state index >= 15 is 0 Å². The summed E-state index contributed by atoms with van der Waals surface area (Å²) in [6.07, 6.45) is 1.69. The minimum Gasteiger partial charge on any atom is -0.370 e. The van der Waals surface area contributed by atoms with E-state index in [1.165, 1.54) is 12.1 Å². The van der Waals surface area contributed by atoms with Crippen LogP contribution in [0, 0.1) is 16.7 Å². The molecule has 27 heavy (non-hydrogen) atoms. The van der Waals surface area contributed by atoms with Gasteiger partial charge in [0.15, 0.2) is 0 Å². The van der Waals surface area contributed by atoms with Crippen molar-refractivity contribution in [1.29, 1.82) is 5.26 Å². The molecule has 0 N–H and O–H groups in total. The molecule has 0 aromatic heterocycles. The molecule has 0 amide bonds. The molecule has 1 aliphatic heterocycles. The number of nitrogens with zero attached hydrogens (tertiary/aromatic N) is 2. The monoisotopic (exact) mass is 400 g/mol. The molecule has 0 radical (unpaired) electrons. The molecule has 1 saturated carbocycles. The van der Waals surface area contributed by atoms with Crippen molar-refractivity contribution in [3.63, 3.8) is 0 Å². The number of anilines is 1. The molecular formula is C19H17F5N2S. The Balaban J connectivity index is 1.37. The minimum atomic E-state index is -9.59. The predicted molar refractivity (Wildman–Crippen MR) is 95.6 cm³/mol. The molecule has 2 aromatic rings. The van der Waals surface area contributed by atoms with E-state index in [0.717, 1.165) is 31.6 Å². The van der Waals surface area contributed by atoms with Gasteiger partial charge in [-0.2, -0.15) is 5.26 Å². The van der Waals surface area contributed by atoms with Gasteiger partial charge in [0, 0.05) is 24.2 Å². The second-order valence-electron chi connectivity index (χ2n) is 7.66. The van der Waals surface area contributed by atoms with Crippen LogP contribution < -0.4 is 4.90 Å². The first-order chi connectivity index (χ1) is 12.4. The number of nitriles is 1. The lowest BCUT2D eigenvalue weighted by atomic mass is 9.56. The first-order valence-electron chi connectivity index (χ1n) is 8.47. The lowest BCUT2D eigenvalue weighted by Gasteiger charge is -2.60.